The maximum Gasteiger partial charge on any atom is 0.230 e. The van der Waals surface area contributed by atoms with Crippen LogP contribution in [0.5, 0.6) is 0 Å². The Morgan fingerprint density at radius 1 is 1.32 bits per heavy atom. The number of para-hydroxylation sites is 1. The second kappa shape index (κ2) is 7.99. The van der Waals surface area contributed by atoms with E-state index >= 15 is 0 Å². The Bertz CT molecular complexity index is 732. The van der Waals surface area contributed by atoms with Gasteiger partial charge < -0.3 is 5.32 Å². The molecular weight excluding hydrogens is 334 g/mol. The van der Waals surface area contributed by atoms with Crippen LogP contribution in [0.4, 0.5) is 0 Å². The van der Waals surface area contributed by atoms with Crippen LogP contribution in [0.3, 0.4) is 0 Å². The Labute approximate surface area is 152 Å². The average Bonchev–Trinajstić information content (AvgIpc) is 3.06. The number of aromatic nitrogens is 4. The molecule has 1 aliphatic carbocycles. The first-order valence-electron chi connectivity index (χ1n) is 8.83. The number of nitrogens with one attached hydrogen (secondary N) is 1. The number of thioether (sulfide) groups is 1. The topological polar surface area (TPSA) is 72.7 Å². The zero-order chi connectivity index (χ0) is 17.8. The molecule has 0 radical (unpaired) electrons. The van der Waals surface area contributed by atoms with Crippen LogP contribution in [-0.2, 0) is 4.79 Å². The van der Waals surface area contributed by atoms with Crippen molar-refractivity contribution in [3.63, 3.8) is 0 Å². The fourth-order valence-corrected chi connectivity index (χ4v) is 4.08. The summed E-state index contributed by atoms with van der Waals surface area (Å²) < 4.78 is 1.69. The number of aryl methyl sites for hydroxylation is 1. The summed E-state index contributed by atoms with van der Waals surface area (Å²) in [5.74, 6) is 1.57. The molecule has 25 heavy (non-hydrogen) atoms. The van der Waals surface area contributed by atoms with Crippen LogP contribution in [0, 0.1) is 18.8 Å². The van der Waals surface area contributed by atoms with Crippen LogP contribution in [0.15, 0.2) is 29.4 Å². The van der Waals surface area contributed by atoms with Crippen LogP contribution in [0.1, 0.15) is 38.7 Å². The lowest BCUT2D eigenvalue weighted by atomic mass is 9.78. The summed E-state index contributed by atoms with van der Waals surface area (Å²) in [6.07, 6.45) is 3.52. The molecule has 1 heterocycles. The number of hydrogen-bond donors (Lipinski definition) is 1. The van der Waals surface area contributed by atoms with Crippen molar-refractivity contribution in [2.45, 2.75) is 51.2 Å². The SMILES string of the molecule is Cc1ccccc1-n1nnnc1SCC(=O)N[C@H]1CCC[C@H](C)[C@@H]1C. The summed E-state index contributed by atoms with van der Waals surface area (Å²) in [6.45, 7) is 6.53. The number of benzene rings is 1. The van der Waals surface area contributed by atoms with Crippen molar-refractivity contribution in [2.75, 3.05) is 5.75 Å². The third-order valence-corrected chi connectivity index (χ3v) is 6.09. The predicted octanol–water partition coefficient (Wildman–Crippen LogP) is 3.00. The Morgan fingerprint density at radius 3 is 2.92 bits per heavy atom. The quantitative estimate of drug-likeness (QED) is 0.831. The summed E-state index contributed by atoms with van der Waals surface area (Å²) >= 11 is 1.37. The molecule has 0 spiro atoms. The molecule has 1 aliphatic rings. The Hall–Kier alpha value is -1.89. The molecule has 1 aromatic carbocycles. The van der Waals surface area contributed by atoms with Gasteiger partial charge in [-0.15, -0.1) is 5.10 Å². The van der Waals surface area contributed by atoms with Crippen molar-refractivity contribution >= 4 is 17.7 Å². The maximum atomic E-state index is 12.4. The van der Waals surface area contributed by atoms with Crippen LogP contribution >= 0.6 is 11.8 Å². The van der Waals surface area contributed by atoms with E-state index in [1.807, 2.05) is 31.2 Å². The van der Waals surface area contributed by atoms with Crippen molar-refractivity contribution < 1.29 is 4.79 Å². The van der Waals surface area contributed by atoms with E-state index in [4.69, 9.17) is 0 Å². The minimum Gasteiger partial charge on any atom is -0.352 e. The van der Waals surface area contributed by atoms with Gasteiger partial charge in [0.15, 0.2) is 0 Å². The standard InChI is InChI=1S/C18H25N5OS/c1-12-8-6-9-15(14(12)3)19-17(24)11-25-18-20-21-22-23(18)16-10-5-4-7-13(16)2/h4-5,7,10,12,14-15H,6,8-9,11H2,1-3H3,(H,19,24)/t12-,14-,15-/m0/s1. The molecule has 6 nitrogen and oxygen atoms in total. The first-order chi connectivity index (χ1) is 12.1. The highest BCUT2D eigenvalue weighted by molar-refractivity contribution is 7.99. The van der Waals surface area contributed by atoms with Gasteiger partial charge in [-0.3, -0.25) is 4.79 Å². The largest absolute Gasteiger partial charge is 0.352 e. The van der Waals surface area contributed by atoms with Crippen molar-refractivity contribution in [1.29, 1.82) is 0 Å². The van der Waals surface area contributed by atoms with E-state index in [2.05, 4.69) is 34.7 Å². The maximum absolute atomic E-state index is 12.4. The molecule has 7 heteroatoms. The highest BCUT2D eigenvalue weighted by Gasteiger charge is 2.28. The molecule has 0 aliphatic heterocycles. The van der Waals surface area contributed by atoms with Gasteiger partial charge in [0.25, 0.3) is 0 Å². The smallest absolute Gasteiger partial charge is 0.230 e. The lowest BCUT2D eigenvalue weighted by molar-refractivity contribution is -0.120. The highest BCUT2D eigenvalue weighted by Crippen LogP contribution is 2.29. The second-order valence-electron chi connectivity index (χ2n) is 6.89. The van der Waals surface area contributed by atoms with Gasteiger partial charge in [-0.2, -0.15) is 4.68 Å². The second-order valence-corrected chi connectivity index (χ2v) is 7.83. The molecule has 3 rings (SSSR count). The van der Waals surface area contributed by atoms with Crippen LogP contribution in [-0.4, -0.2) is 37.9 Å². The van der Waals surface area contributed by atoms with E-state index in [0.717, 1.165) is 17.7 Å². The zero-order valence-electron chi connectivity index (χ0n) is 15.0. The van der Waals surface area contributed by atoms with Gasteiger partial charge in [0, 0.05) is 6.04 Å². The molecule has 0 saturated heterocycles. The first kappa shape index (κ1) is 17.9. The van der Waals surface area contributed by atoms with E-state index in [-0.39, 0.29) is 11.9 Å². The van der Waals surface area contributed by atoms with Crippen molar-refractivity contribution in [2.24, 2.45) is 11.8 Å². The summed E-state index contributed by atoms with van der Waals surface area (Å²) in [7, 11) is 0. The van der Waals surface area contributed by atoms with Crippen LogP contribution in [0.2, 0.25) is 0 Å². The molecular formula is C18H25N5OS. The third-order valence-electron chi connectivity index (χ3n) is 5.17. The molecule has 3 atom stereocenters. The fraction of sp³-hybridized carbons (Fsp3) is 0.556. The van der Waals surface area contributed by atoms with Crippen molar-refractivity contribution in [3.05, 3.63) is 29.8 Å². The number of rotatable bonds is 5. The Balaban J connectivity index is 1.60. The van der Waals surface area contributed by atoms with Gasteiger partial charge in [-0.05, 0) is 47.2 Å². The molecule has 1 fully saturated rings. The van der Waals surface area contributed by atoms with Gasteiger partial charge in [-0.25, -0.2) is 0 Å². The molecule has 1 N–H and O–H groups in total. The molecule has 1 amide bonds. The first-order valence-corrected chi connectivity index (χ1v) is 9.81. The molecule has 0 unspecified atom stereocenters. The van der Waals surface area contributed by atoms with E-state index in [9.17, 15) is 4.79 Å². The average molecular weight is 359 g/mol. The van der Waals surface area contributed by atoms with Crippen molar-refractivity contribution in [3.8, 4) is 5.69 Å². The molecule has 1 saturated carbocycles. The third kappa shape index (κ3) is 4.21. The Morgan fingerprint density at radius 2 is 2.12 bits per heavy atom. The van der Waals surface area contributed by atoms with E-state index < -0.39 is 0 Å². The van der Waals surface area contributed by atoms with Gasteiger partial charge in [0.05, 0.1) is 11.4 Å². The lowest BCUT2D eigenvalue weighted by Crippen LogP contribution is -2.44. The van der Waals surface area contributed by atoms with Crippen LogP contribution < -0.4 is 5.32 Å². The number of nitrogens with zero attached hydrogens (tertiary/aromatic N) is 4. The highest BCUT2D eigenvalue weighted by atomic mass is 32.2. The van der Waals surface area contributed by atoms with Gasteiger partial charge in [0.2, 0.25) is 11.1 Å². The van der Waals surface area contributed by atoms with Gasteiger partial charge in [-0.1, -0.05) is 56.7 Å². The number of hydrogen-bond acceptors (Lipinski definition) is 5. The van der Waals surface area contributed by atoms with Crippen molar-refractivity contribution in [1.82, 2.24) is 25.5 Å². The normalized spacial score (nSPS) is 23.4. The summed E-state index contributed by atoms with van der Waals surface area (Å²) in [5.41, 5.74) is 2.02. The minimum atomic E-state index is 0.0512. The van der Waals surface area contributed by atoms with Crippen LogP contribution in [0.25, 0.3) is 5.69 Å². The van der Waals surface area contributed by atoms with E-state index in [0.29, 0.717) is 22.7 Å². The van der Waals surface area contributed by atoms with Gasteiger partial charge >= 0.3 is 0 Å². The molecule has 2 aromatic rings. The monoisotopic (exact) mass is 359 g/mol. The molecule has 134 valence electrons. The number of carbonyl (C=O) groups is 1. The predicted molar refractivity (Wildman–Crippen MR) is 98.7 cm³/mol. The summed E-state index contributed by atoms with van der Waals surface area (Å²) in [4.78, 5) is 12.4. The Kier molecular flexibility index (Phi) is 5.73. The zero-order valence-corrected chi connectivity index (χ0v) is 15.8. The summed E-state index contributed by atoms with van der Waals surface area (Å²) in [6, 6.07) is 8.21. The molecule has 0 bridgehead atoms. The lowest BCUT2D eigenvalue weighted by Gasteiger charge is -2.34. The minimum absolute atomic E-state index is 0.0512. The number of tetrazole rings is 1. The fourth-order valence-electron chi connectivity index (χ4n) is 3.39. The number of amides is 1. The van der Waals surface area contributed by atoms with E-state index in [1.54, 1.807) is 4.68 Å². The number of carbonyl (C=O) groups excluding carboxylic acids is 1. The van der Waals surface area contributed by atoms with Gasteiger partial charge in [0.1, 0.15) is 0 Å². The summed E-state index contributed by atoms with van der Waals surface area (Å²) in [5, 5.41) is 15.7. The van der Waals surface area contributed by atoms with E-state index in [1.165, 1.54) is 24.6 Å². The molecule has 1 aromatic heterocycles.